The first-order chi connectivity index (χ1) is 13.0. The smallest absolute Gasteiger partial charge is 0.271 e. The lowest BCUT2D eigenvalue weighted by atomic mass is 10.0. The highest BCUT2D eigenvalue weighted by molar-refractivity contribution is 8.14. The Morgan fingerprint density at radius 2 is 2.04 bits per heavy atom. The van der Waals surface area contributed by atoms with Crippen molar-refractivity contribution in [2.45, 2.75) is 32.1 Å². The standard InChI is InChI=1S/C18H21N3O5S/c1-8(2)21-17-12(18(22)20-21)16(27-9(3)19-17)10-6-11-14(26-7-25-11)15(24-5)13(10)23-4/h6,8,16H,7H2,1-5H3,(H,20,22)/t16-/m1/s1. The minimum atomic E-state index is -0.306. The molecule has 27 heavy (non-hydrogen) atoms. The number of hydrogen-bond acceptors (Lipinski definition) is 7. The SMILES string of the molecule is COc1c([C@H]2SC(C)=Nc3c2c(=O)[nH]n3C(C)C)cc2c(c1OC)OCO2. The number of aromatic nitrogens is 2. The lowest BCUT2D eigenvalue weighted by Gasteiger charge is -2.24. The Morgan fingerprint density at radius 3 is 2.70 bits per heavy atom. The predicted molar refractivity (Wildman–Crippen MR) is 103 cm³/mol. The Morgan fingerprint density at radius 1 is 1.30 bits per heavy atom. The van der Waals surface area contributed by atoms with Crippen LogP contribution in [0.5, 0.6) is 23.0 Å². The molecule has 0 aliphatic carbocycles. The number of fused-ring (bicyclic) bond motifs is 2. The van der Waals surface area contributed by atoms with Gasteiger partial charge in [0.1, 0.15) is 0 Å². The van der Waals surface area contributed by atoms with Crippen LogP contribution < -0.4 is 24.5 Å². The van der Waals surface area contributed by atoms with Gasteiger partial charge in [0.25, 0.3) is 5.56 Å². The van der Waals surface area contributed by atoms with E-state index in [0.717, 1.165) is 10.6 Å². The maximum Gasteiger partial charge on any atom is 0.271 e. The van der Waals surface area contributed by atoms with E-state index >= 15 is 0 Å². The largest absolute Gasteiger partial charge is 0.492 e. The first kappa shape index (κ1) is 17.8. The van der Waals surface area contributed by atoms with Crippen LogP contribution in [-0.2, 0) is 0 Å². The van der Waals surface area contributed by atoms with Crippen molar-refractivity contribution >= 4 is 22.6 Å². The van der Waals surface area contributed by atoms with Crippen molar-refractivity contribution < 1.29 is 18.9 Å². The number of H-pyrrole nitrogens is 1. The lowest BCUT2D eigenvalue weighted by molar-refractivity contribution is 0.170. The number of thioether (sulfide) groups is 1. The summed E-state index contributed by atoms with van der Waals surface area (Å²) in [6.07, 6.45) is 0. The minimum Gasteiger partial charge on any atom is -0.492 e. The van der Waals surface area contributed by atoms with E-state index < -0.39 is 0 Å². The second kappa shape index (κ2) is 6.56. The summed E-state index contributed by atoms with van der Waals surface area (Å²) in [7, 11) is 3.13. The highest BCUT2D eigenvalue weighted by atomic mass is 32.2. The first-order valence-electron chi connectivity index (χ1n) is 8.57. The van der Waals surface area contributed by atoms with Crippen LogP contribution in [-0.4, -0.2) is 35.8 Å². The van der Waals surface area contributed by atoms with Crippen molar-refractivity contribution in [1.82, 2.24) is 9.78 Å². The topological polar surface area (TPSA) is 87.1 Å². The highest BCUT2D eigenvalue weighted by Gasteiger charge is 2.36. The number of methoxy groups -OCH3 is 2. The van der Waals surface area contributed by atoms with Gasteiger partial charge < -0.3 is 18.9 Å². The van der Waals surface area contributed by atoms with Gasteiger partial charge in [0, 0.05) is 11.6 Å². The summed E-state index contributed by atoms with van der Waals surface area (Å²) in [6.45, 7) is 6.05. The van der Waals surface area contributed by atoms with Crippen molar-refractivity contribution in [2.24, 2.45) is 4.99 Å². The number of rotatable bonds is 4. The van der Waals surface area contributed by atoms with Gasteiger partial charge in [-0.1, -0.05) is 11.8 Å². The van der Waals surface area contributed by atoms with E-state index in [2.05, 4.69) is 10.1 Å². The van der Waals surface area contributed by atoms with Crippen LogP contribution in [0, 0.1) is 0 Å². The van der Waals surface area contributed by atoms with Gasteiger partial charge in [-0.25, -0.2) is 4.99 Å². The zero-order valence-electron chi connectivity index (χ0n) is 15.8. The van der Waals surface area contributed by atoms with E-state index in [1.165, 1.54) is 11.8 Å². The molecule has 0 unspecified atom stereocenters. The monoisotopic (exact) mass is 391 g/mol. The maximum absolute atomic E-state index is 12.8. The molecule has 2 aliphatic rings. The average molecular weight is 391 g/mol. The fourth-order valence-electron chi connectivity index (χ4n) is 3.41. The van der Waals surface area contributed by atoms with Gasteiger partial charge in [0.15, 0.2) is 17.3 Å². The number of nitrogens with one attached hydrogen (secondary N) is 1. The molecule has 0 spiro atoms. The molecule has 3 heterocycles. The Kier molecular flexibility index (Phi) is 4.33. The summed E-state index contributed by atoms with van der Waals surface area (Å²) in [5.41, 5.74) is 1.22. The third-order valence-corrected chi connectivity index (χ3v) is 5.72. The third kappa shape index (κ3) is 2.68. The molecule has 1 aromatic carbocycles. The summed E-state index contributed by atoms with van der Waals surface area (Å²) in [6, 6.07) is 1.94. The first-order valence-corrected chi connectivity index (χ1v) is 9.45. The molecular formula is C18H21N3O5S. The molecular weight excluding hydrogens is 370 g/mol. The molecule has 9 heteroatoms. The van der Waals surface area contributed by atoms with E-state index in [-0.39, 0.29) is 23.6 Å². The Labute approximate surface area is 160 Å². The average Bonchev–Trinajstić information content (AvgIpc) is 3.23. The van der Waals surface area contributed by atoms with E-state index in [4.69, 9.17) is 18.9 Å². The van der Waals surface area contributed by atoms with Crippen LogP contribution in [0.25, 0.3) is 0 Å². The van der Waals surface area contributed by atoms with Crippen molar-refractivity contribution in [1.29, 1.82) is 0 Å². The molecule has 0 fully saturated rings. The normalized spacial score (nSPS) is 17.7. The zero-order chi connectivity index (χ0) is 19.3. The highest BCUT2D eigenvalue weighted by Crippen LogP contribution is 2.55. The molecule has 0 saturated heterocycles. The van der Waals surface area contributed by atoms with Crippen molar-refractivity contribution in [3.8, 4) is 23.0 Å². The second-order valence-corrected chi connectivity index (χ2v) is 7.83. The van der Waals surface area contributed by atoms with Crippen molar-refractivity contribution in [3.05, 3.63) is 27.5 Å². The molecule has 0 bridgehead atoms. The van der Waals surface area contributed by atoms with Crippen LogP contribution >= 0.6 is 11.8 Å². The molecule has 0 saturated carbocycles. The molecule has 4 rings (SSSR count). The molecule has 1 aromatic heterocycles. The summed E-state index contributed by atoms with van der Waals surface area (Å²) in [5.74, 6) is 2.72. The van der Waals surface area contributed by atoms with Crippen LogP contribution in [0.1, 0.15) is 43.2 Å². The predicted octanol–water partition coefficient (Wildman–Crippen LogP) is 3.39. The second-order valence-electron chi connectivity index (χ2n) is 6.54. The molecule has 2 aliphatic heterocycles. The molecule has 144 valence electrons. The lowest BCUT2D eigenvalue weighted by Crippen LogP contribution is -2.14. The van der Waals surface area contributed by atoms with Gasteiger partial charge in [-0.3, -0.25) is 14.6 Å². The number of aliphatic imine (C=N–C) groups is 1. The Balaban J connectivity index is 1.97. The number of nitrogens with zero attached hydrogens (tertiary/aromatic N) is 2. The maximum atomic E-state index is 12.8. The van der Waals surface area contributed by atoms with Gasteiger partial charge >= 0.3 is 0 Å². The molecule has 1 N–H and O–H groups in total. The van der Waals surface area contributed by atoms with Crippen LogP contribution in [0.2, 0.25) is 0 Å². The Hall–Kier alpha value is -2.55. The number of aromatic amines is 1. The Bertz CT molecular complexity index is 992. The third-order valence-electron chi connectivity index (χ3n) is 4.56. The minimum absolute atomic E-state index is 0.0786. The molecule has 1 atom stereocenters. The van der Waals surface area contributed by atoms with E-state index in [9.17, 15) is 4.79 Å². The molecule has 0 amide bonds. The van der Waals surface area contributed by atoms with Crippen LogP contribution in [0.3, 0.4) is 0 Å². The fourth-order valence-corrected chi connectivity index (χ4v) is 4.52. The summed E-state index contributed by atoms with van der Waals surface area (Å²) >= 11 is 1.50. The van der Waals surface area contributed by atoms with E-state index in [1.54, 1.807) is 18.9 Å². The van der Waals surface area contributed by atoms with Crippen LogP contribution in [0.4, 0.5) is 5.82 Å². The number of ether oxygens (including phenoxy) is 4. The van der Waals surface area contributed by atoms with Crippen LogP contribution in [0.15, 0.2) is 15.9 Å². The fraction of sp³-hybridized carbons (Fsp3) is 0.444. The van der Waals surface area contributed by atoms with Gasteiger partial charge in [-0.05, 0) is 26.8 Å². The van der Waals surface area contributed by atoms with Crippen molar-refractivity contribution in [2.75, 3.05) is 21.0 Å². The summed E-state index contributed by atoms with van der Waals surface area (Å²) < 4.78 is 24.1. The summed E-state index contributed by atoms with van der Waals surface area (Å²) in [5, 5.41) is 3.46. The van der Waals surface area contributed by atoms with Gasteiger partial charge in [0.2, 0.25) is 18.3 Å². The quantitative estimate of drug-likeness (QED) is 0.860. The van der Waals surface area contributed by atoms with E-state index in [1.807, 2.05) is 26.8 Å². The number of hydrogen-bond donors (Lipinski definition) is 1. The van der Waals surface area contributed by atoms with Gasteiger partial charge in [0.05, 0.1) is 30.1 Å². The molecule has 0 radical (unpaired) electrons. The van der Waals surface area contributed by atoms with E-state index in [0.29, 0.717) is 34.4 Å². The summed E-state index contributed by atoms with van der Waals surface area (Å²) in [4.78, 5) is 17.4. The molecule has 8 nitrogen and oxygen atoms in total. The van der Waals surface area contributed by atoms with Crippen molar-refractivity contribution in [3.63, 3.8) is 0 Å². The number of benzene rings is 1. The van der Waals surface area contributed by atoms with Gasteiger partial charge in [-0.2, -0.15) is 0 Å². The van der Waals surface area contributed by atoms with Gasteiger partial charge in [-0.15, -0.1) is 0 Å². The zero-order valence-corrected chi connectivity index (χ0v) is 16.6. The molecule has 2 aromatic rings.